The fourth-order valence-corrected chi connectivity index (χ4v) is 3.43. The van der Waals surface area contributed by atoms with Gasteiger partial charge in [0.1, 0.15) is 0 Å². The molecule has 114 valence electrons. The van der Waals surface area contributed by atoms with Crippen LogP contribution in [0.2, 0.25) is 0 Å². The largest absolute Gasteiger partial charge is 0.378 e. The second-order valence-corrected chi connectivity index (χ2v) is 6.16. The lowest BCUT2D eigenvalue weighted by Gasteiger charge is -2.32. The maximum absolute atomic E-state index is 5.50. The van der Waals surface area contributed by atoms with Crippen molar-refractivity contribution in [1.82, 2.24) is 10.3 Å². The molecule has 0 aromatic carbocycles. The highest BCUT2D eigenvalue weighted by molar-refractivity contribution is 7.15. The molecule has 0 saturated carbocycles. The van der Waals surface area contributed by atoms with Gasteiger partial charge in [-0.3, -0.25) is 0 Å². The van der Waals surface area contributed by atoms with Crippen molar-refractivity contribution >= 4 is 16.5 Å². The van der Waals surface area contributed by atoms with Crippen LogP contribution in [0.4, 0.5) is 5.13 Å². The molecule has 0 spiro atoms. The van der Waals surface area contributed by atoms with E-state index in [2.05, 4.69) is 24.1 Å². The minimum absolute atomic E-state index is 0.391. The molecule has 0 aliphatic carbocycles. The van der Waals surface area contributed by atoms with Gasteiger partial charge in [0.05, 0.1) is 31.6 Å². The third-order valence-electron chi connectivity index (χ3n) is 3.37. The van der Waals surface area contributed by atoms with Crippen molar-refractivity contribution in [3.63, 3.8) is 0 Å². The van der Waals surface area contributed by atoms with E-state index in [4.69, 9.17) is 14.5 Å². The first-order valence-electron chi connectivity index (χ1n) is 7.28. The summed E-state index contributed by atoms with van der Waals surface area (Å²) in [5.74, 6) is 0. The number of nitrogens with zero attached hydrogens (tertiary/aromatic N) is 2. The molecule has 1 aromatic heterocycles. The molecule has 1 atom stereocenters. The summed E-state index contributed by atoms with van der Waals surface area (Å²) in [6.07, 6.45) is 1.14. The molecular formula is C14H25N3O2S. The quantitative estimate of drug-likeness (QED) is 0.781. The monoisotopic (exact) mass is 299 g/mol. The Hall–Kier alpha value is -0.690. The maximum Gasteiger partial charge on any atom is 0.186 e. The number of ether oxygens (including phenoxy) is 2. The third kappa shape index (κ3) is 3.91. The van der Waals surface area contributed by atoms with Crippen LogP contribution >= 0.6 is 11.3 Å². The summed E-state index contributed by atoms with van der Waals surface area (Å²) in [7, 11) is 1.72. The molecule has 6 heteroatoms. The lowest BCUT2D eigenvalue weighted by atomic mass is 10.3. The summed E-state index contributed by atoms with van der Waals surface area (Å²) >= 11 is 1.78. The van der Waals surface area contributed by atoms with Gasteiger partial charge in [-0.2, -0.15) is 0 Å². The Morgan fingerprint density at radius 1 is 1.55 bits per heavy atom. The Labute approximate surface area is 125 Å². The predicted molar refractivity (Wildman–Crippen MR) is 82.5 cm³/mol. The molecular weight excluding hydrogens is 274 g/mol. The minimum atomic E-state index is 0.391. The molecule has 2 heterocycles. The van der Waals surface area contributed by atoms with Crippen LogP contribution in [0.25, 0.3) is 0 Å². The average Bonchev–Trinajstić information content (AvgIpc) is 2.83. The first-order chi connectivity index (χ1) is 9.76. The highest BCUT2D eigenvalue weighted by Crippen LogP contribution is 2.29. The van der Waals surface area contributed by atoms with Gasteiger partial charge in [-0.15, -0.1) is 11.3 Å². The average molecular weight is 299 g/mol. The van der Waals surface area contributed by atoms with E-state index in [-0.39, 0.29) is 0 Å². The molecule has 1 aliphatic heterocycles. The van der Waals surface area contributed by atoms with Crippen molar-refractivity contribution < 1.29 is 9.47 Å². The number of thiazole rings is 1. The molecule has 1 aliphatic rings. The van der Waals surface area contributed by atoms with E-state index in [9.17, 15) is 0 Å². The molecule has 5 nitrogen and oxygen atoms in total. The molecule has 1 N–H and O–H groups in total. The van der Waals surface area contributed by atoms with Gasteiger partial charge in [-0.25, -0.2) is 4.98 Å². The van der Waals surface area contributed by atoms with Crippen LogP contribution in [0.3, 0.4) is 0 Å². The summed E-state index contributed by atoms with van der Waals surface area (Å²) in [4.78, 5) is 8.41. The van der Waals surface area contributed by atoms with E-state index in [0.29, 0.717) is 12.6 Å². The molecule has 2 rings (SSSR count). The second kappa shape index (κ2) is 7.93. The van der Waals surface area contributed by atoms with Crippen molar-refractivity contribution in [3.05, 3.63) is 10.6 Å². The Balaban J connectivity index is 2.10. The number of hydrogen-bond acceptors (Lipinski definition) is 6. The number of nitrogens with one attached hydrogen (secondary N) is 1. The van der Waals surface area contributed by atoms with Gasteiger partial charge in [0.2, 0.25) is 0 Å². The van der Waals surface area contributed by atoms with Gasteiger partial charge in [0, 0.05) is 25.1 Å². The van der Waals surface area contributed by atoms with Crippen molar-refractivity contribution in [3.8, 4) is 0 Å². The zero-order valence-electron chi connectivity index (χ0n) is 12.6. The van der Waals surface area contributed by atoms with Gasteiger partial charge in [0.25, 0.3) is 0 Å². The van der Waals surface area contributed by atoms with Gasteiger partial charge >= 0.3 is 0 Å². The topological polar surface area (TPSA) is 46.6 Å². The highest BCUT2D eigenvalue weighted by Gasteiger charge is 2.23. The molecule has 1 unspecified atom stereocenters. The van der Waals surface area contributed by atoms with Crippen LogP contribution in [0, 0.1) is 0 Å². The number of methoxy groups -OCH3 is 1. The number of rotatable bonds is 7. The Morgan fingerprint density at radius 3 is 3.10 bits per heavy atom. The summed E-state index contributed by atoms with van der Waals surface area (Å²) in [5.41, 5.74) is 1.06. The van der Waals surface area contributed by atoms with Gasteiger partial charge in [-0.05, 0) is 19.9 Å². The smallest absolute Gasteiger partial charge is 0.186 e. The molecule has 0 radical (unpaired) electrons. The van der Waals surface area contributed by atoms with Gasteiger partial charge in [-0.1, -0.05) is 6.92 Å². The summed E-state index contributed by atoms with van der Waals surface area (Å²) in [6.45, 7) is 9.34. The Morgan fingerprint density at radius 2 is 2.40 bits per heavy atom. The Bertz CT molecular complexity index is 411. The van der Waals surface area contributed by atoms with Crippen LogP contribution in [-0.2, 0) is 22.6 Å². The van der Waals surface area contributed by atoms with Crippen LogP contribution in [0.15, 0.2) is 0 Å². The van der Waals surface area contributed by atoms with Crippen molar-refractivity contribution in [2.45, 2.75) is 39.5 Å². The van der Waals surface area contributed by atoms with Crippen molar-refractivity contribution in [1.29, 1.82) is 0 Å². The summed E-state index contributed by atoms with van der Waals surface area (Å²) in [6, 6.07) is 0.391. The number of anilines is 1. The number of hydrogen-bond donors (Lipinski definition) is 1. The van der Waals surface area contributed by atoms with Crippen molar-refractivity contribution in [2.75, 3.05) is 38.3 Å². The van der Waals surface area contributed by atoms with Crippen LogP contribution in [-0.4, -0.2) is 44.4 Å². The fraction of sp³-hybridized carbons (Fsp3) is 0.786. The zero-order valence-corrected chi connectivity index (χ0v) is 13.5. The van der Waals surface area contributed by atoms with Crippen LogP contribution in [0.5, 0.6) is 0 Å². The van der Waals surface area contributed by atoms with Gasteiger partial charge in [0.15, 0.2) is 5.13 Å². The minimum Gasteiger partial charge on any atom is -0.378 e. The van der Waals surface area contributed by atoms with E-state index in [0.717, 1.165) is 50.1 Å². The second-order valence-electron chi connectivity index (χ2n) is 5.09. The first-order valence-corrected chi connectivity index (χ1v) is 8.10. The molecule has 0 amide bonds. The number of morpholine rings is 1. The van der Waals surface area contributed by atoms with Crippen LogP contribution in [0.1, 0.15) is 30.8 Å². The maximum atomic E-state index is 5.50. The zero-order chi connectivity index (χ0) is 14.4. The fourth-order valence-electron chi connectivity index (χ4n) is 2.27. The molecule has 20 heavy (non-hydrogen) atoms. The van der Waals surface area contributed by atoms with Crippen LogP contribution < -0.4 is 10.2 Å². The van der Waals surface area contributed by atoms with Crippen molar-refractivity contribution in [2.24, 2.45) is 0 Å². The van der Waals surface area contributed by atoms with E-state index in [1.54, 1.807) is 18.4 Å². The SMILES string of the molecule is CCCNCc1sc(N2CCOCC2C)nc1COC. The lowest BCUT2D eigenvalue weighted by molar-refractivity contribution is 0.0988. The molecule has 1 fully saturated rings. The first kappa shape index (κ1) is 15.7. The third-order valence-corrected chi connectivity index (χ3v) is 4.51. The van der Waals surface area contributed by atoms with E-state index in [1.165, 1.54) is 4.88 Å². The molecule has 0 bridgehead atoms. The van der Waals surface area contributed by atoms with E-state index < -0.39 is 0 Å². The normalized spacial score (nSPS) is 19.6. The Kier molecular flexibility index (Phi) is 6.22. The van der Waals surface area contributed by atoms with E-state index in [1.807, 2.05) is 0 Å². The molecule has 1 saturated heterocycles. The van der Waals surface area contributed by atoms with Gasteiger partial charge < -0.3 is 19.7 Å². The standard InChI is InChI=1S/C14H25N3O2S/c1-4-5-15-8-13-12(10-18-3)16-14(20-13)17-6-7-19-9-11(17)2/h11,15H,4-10H2,1-3H3. The summed E-state index contributed by atoms with van der Waals surface area (Å²) < 4.78 is 10.8. The lowest BCUT2D eigenvalue weighted by Crippen LogP contribution is -2.43. The highest BCUT2D eigenvalue weighted by atomic mass is 32.1. The number of aromatic nitrogens is 1. The molecule has 1 aromatic rings. The van der Waals surface area contributed by atoms with E-state index >= 15 is 0 Å². The summed E-state index contributed by atoms with van der Waals surface area (Å²) in [5, 5.41) is 4.55. The predicted octanol–water partition coefficient (Wildman–Crippen LogP) is 2.01.